The van der Waals surface area contributed by atoms with Gasteiger partial charge in [0.1, 0.15) is 0 Å². The van der Waals surface area contributed by atoms with Crippen LogP contribution in [0, 0.1) is 0 Å². The Kier molecular flexibility index (Phi) is 4.57. The Morgan fingerprint density at radius 3 is 2.62 bits per heavy atom. The van der Waals surface area contributed by atoms with E-state index in [-0.39, 0.29) is 18.2 Å². The smallest absolute Gasteiger partial charge is 0.359 e. The van der Waals surface area contributed by atoms with Crippen molar-refractivity contribution in [2.45, 2.75) is 26.8 Å². The molecular formula is C17H18ClN3O3. The first-order valence-electron chi connectivity index (χ1n) is 7.80. The summed E-state index contributed by atoms with van der Waals surface area (Å²) in [6, 6.07) is 7.25. The van der Waals surface area contributed by atoms with Crippen LogP contribution in [0.2, 0.25) is 5.02 Å². The molecule has 0 spiro atoms. The molecule has 0 unspecified atom stereocenters. The van der Waals surface area contributed by atoms with Crippen LogP contribution >= 0.6 is 11.6 Å². The largest absolute Gasteiger partial charge is 0.461 e. The summed E-state index contributed by atoms with van der Waals surface area (Å²) in [5.41, 5.74) is 2.78. The summed E-state index contributed by atoms with van der Waals surface area (Å²) in [6.07, 6.45) is 0.629. The summed E-state index contributed by atoms with van der Waals surface area (Å²) in [5.74, 6) is -0.485. The van der Waals surface area contributed by atoms with E-state index in [4.69, 9.17) is 16.3 Å². The molecule has 1 aromatic carbocycles. The van der Waals surface area contributed by atoms with Gasteiger partial charge in [-0.2, -0.15) is 5.10 Å². The van der Waals surface area contributed by atoms with Crippen LogP contribution in [0.1, 0.15) is 35.6 Å². The number of benzene rings is 1. The van der Waals surface area contributed by atoms with E-state index in [0.29, 0.717) is 24.5 Å². The predicted octanol–water partition coefficient (Wildman–Crippen LogP) is 2.61. The zero-order valence-electron chi connectivity index (χ0n) is 13.6. The third kappa shape index (κ3) is 3.01. The van der Waals surface area contributed by atoms with Gasteiger partial charge in [-0.15, -0.1) is 0 Å². The van der Waals surface area contributed by atoms with Crippen molar-refractivity contribution in [3.63, 3.8) is 0 Å². The maximum Gasteiger partial charge on any atom is 0.359 e. The molecule has 0 radical (unpaired) electrons. The number of rotatable bonds is 3. The second kappa shape index (κ2) is 6.65. The van der Waals surface area contributed by atoms with E-state index in [1.54, 1.807) is 28.6 Å². The Bertz CT molecular complexity index is 783. The number of hydrogen-bond donors (Lipinski definition) is 0. The maximum atomic E-state index is 12.3. The van der Waals surface area contributed by atoms with Crippen molar-refractivity contribution in [2.75, 3.05) is 13.2 Å². The molecule has 1 aliphatic rings. The molecule has 1 amide bonds. The molecule has 7 heteroatoms. The molecule has 24 heavy (non-hydrogen) atoms. The number of amides is 1. The van der Waals surface area contributed by atoms with Gasteiger partial charge in [-0.05, 0) is 31.2 Å². The molecule has 6 nitrogen and oxygen atoms in total. The molecular weight excluding hydrogens is 330 g/mol. The van der Waals surface area contributed by atoms with E-state index >= 15 is 0 Å². The average Bonchev–Trinajstić information content (AvgIpc) is 2.94. The molecule has 0 N–H and O–H groups in total. The highest BCUT2D eigenvalue weighted by atomic mass is 35.5. The van der Waals surface area contributed by atoms with Gasteiger partial charge < -0.3 is 9.64 Å². The van der Waals surface area contributed by atoms with Crippen LogP contribution in [0.5, 0.6) is 0 Å². The molecule has 0 bridgehead atoms. The first-order valence-corrected chi connectivity index (χ1v) is 8.18. The number of halogens is 1. The molecule has 0 saturated carbocycles. The number of ether oxygens (including phenoxy) is 1. The molecule has 0 fully saturated rings. The summed E-state index contributed by atoms with van der Waals surface area (Å²) in [5, 5.41) is 5.10. The average molecular weight is 348 g/mol. The van der Waals surface area contributed by atoms with Gasteiger partial charge in [-0.25, -0.2) is 9.48 Å². The molecule has 1 aliphatic heterocycles. The first-order chi connectivity index (χ1) is 11.5. The third-order valence-corrected chi connectivity index (χ3v) is 4.29. The molecule has 2 heterocycles. The Balaban J connectivity index is 2.08. The van der Waals surface area contributed by atoms with Crippen molar-refractivity contribution < 1.29 is 14.3 Å². The fourth-order valence-corrected chi connectivity index (χ4v) is 2.97. The van der Waals surface area contributed by atoms with Gasteiger partial charge in [0.2, 0.25) is 5.91 Å². The number of carbonyl (C=O) groups is 2. The lowest BCUT2D eigenvalue weighted by Gasteiger charge is -2.26. The van der Waals surface area contributed by atoms with E-state index in [9.17, 15) is 9.59 Å². The Labute approximate surface area is 145 Å². The zero-order chi connectivity index (χ0) is 17.3. The van der Waals surface area contributed by atoms with Gasteiger partial charge in [0, 0.05) is 37.0 Å². The molecule has 126 valence electrons. The maximum absolute atomic E-state index is 12.3. The Hall–Kier alpha value is -2.34. The van der Waals surface area contributed by atoms with E-state index < -0.39 is 5.97 Å². The number of nitrogens with zero attached hydrogens (tertiary/aromatic N) is 3. The van der Waals surface area contributed by atoms with E-state index in [0.717, 1.165) is 16.9 Å². The standard InChI is InChI=1S/C17H18ClN3O3/c1-3-24-17(23)16-14-10-20(11(2)22)9-8-15(14)21(19-16)13-6-4-12(18)5-7-13/h4-7H,3,8-10H2,1-2H3. The summed E-state index contributed by atoms with van der Waals surface area (Å²) in [6.45, 7) is 4.52. The second-order valence-corrected chi connectivity index (χ2v) is 6.01. The highest BCUT2D eigenvalue weighted by Gasteiger charge is 2.30. The van der Waals surface area contributed by atoms with Crippen molar-refractivity contribution in [1.82, 2.24) is 14.7 Å². The third-order valence-electron chi connectivity index (χ3n) is 4.04. The molecule has 0 aliphatic carbocycles. The van der Waals surface area contributed by atoms with Crippen molar-refractivity contribution in [3.05, 3.63) is 46.2 Å². The number of fused-ring (bicyclic) bond motifs is 1. The van der Waals surface area contributed by atoms with Gasteiger partial charge in [0.05, 0.1) is 18.0 Å². The van der Waals surface area contributed by atoms with Gasteiger partial charge in [0.25, 0.3) is 0 Å². The number of aromatic nitrogens is 2. The predicted molar refractivity (Wildman–Crippen MR) is 89.3 cm³/mol. The van der Waals surface area contributed by atoms with Crippen LogP contribution < -0.4 is 0 Å². The topological polar surface area (TPSA) is 64.4 Å². The van der Waals surface area contributed by atoms with Crippen LogP contribution in [0.25, 0.3) is 5.69 Å². The van der Waals surface area contributed by atoms with Crippen molar-refractivity contribution >= 4 is 23.5 Å². The monoisotopic (exact) mass is 347 g/mol. The van der Waals surface area contributed by atoms with Crippen LogP contribution in [0.3, 0.4) is 0 Å². The highest BCUT2D eigenvalue weighted by molar-refractivity contribution is 6.30. The van der Waals surface area contributed by atoms with Crippen molar-refractivity contribution in [1.29, 1.82) is 0 Å². The molecule has 0 saturated heterocycles. The highest BCUT2D eigenvalue weighted by Crippen LogP contribution is 2.26. The van der Waals surface area contributed by atoms with Crippen molar-refractivity contribution in [3.8, 4) is 5.69 Å². The van der Waals surface area contributed by atoms with Crippen LogP contribution in [0.15, 0.2) is 24.3 Å². The van der Waals surface area contributed by atoms with E-state index in [1.165, 1.54) is 6.92 Å². The lowest BCUT2D eigenvalue weighted by Crippen LogP contribution is -2.35. The number of hydrogen-bond acceptors (Lipinski definition) is 4. The molecule has 2 aromatic rings. The van der Waals surface area contributed by atoms with Crippen LogP contribution in [-0.4, -0.2) is 39.7 Å². The molecule has 1 aromatic heterocycles. The lowest BCUT2D eigenvalue weighted by atomic mass is 10.0. The van der Waals surface area contributed by atoms with Gasteiger partial charge in [-0.1, -0.05) is 11.6 Å². The zero-order valence-corrected chi connectivity index (χ0v) is 14.3. The first kappa shape index (κ1) is 16.5. The van der Waals surface area contributed by atoms with Crippen molar-refractivity contribution in [2.24, 2.45) is 0 Å². The summed E-state index contributed by atoms with van der Waals surface area (Å²) in [4.78, 5) is 25.7. The summed E-state index contributed by atoms with van der Waals surface area (Å²) < 4.78 is 6.86. The fourth-order valence-electron chi connectivity index (χ4n) is 2.85. The summed E-state index contributed by atoms with van der Waals surface area (Å²) in [7, 11) is 0. The normalized spacial score (nSPS) is 13.5. The van der Waals surface area contributed by atoms with Gasteiger partial charge in [0.15, 0.2) is 5.69 Å². The van der Waals surface area contributed by atoms with Gasteiger partial charge >= 0.3 is 5.97 Å². The van der Waals surface area contributed by atoms with Gasteiger partial charge in [-0.3, -0.25) is 4.79 Å². The Morgan fingerprint density at radius 1 is 1.29 bits per heavy atom. The number of carbonyl (C=O) groups excluding carboxylic acids is 2. The molecule has 3 rings (SSSR count). The minimum Gasteiger partial charge on any atom is -0.461 e. The minimum atomic E-state index is -0.466. The summed E-state index contributed by atoms with van der Waals surface area (Å²) >= 11 is 5.95. The van der Waals surface area contributed by atoms with E-state index in [1.807, 2.05) is 12.1 Å². The Morgan fingerprint density at radius 2 is 2.00 bits per heavy atom. The van der Waals surface area contributed by atoms with Crippen LogP contribution in [-0.2, 0) is 22.5 Å². The minimum absolute atomic E-state index is 0.0188. The van der Waals surface area contributed by atoms with E-state index in [2.05, 4.69) is 5.10 Å². The van der Waals surface area contributed by atoms with Crippen LogP contribution in [0.4, 0.5) is 0 Å². The lowest BCUT2D eigenvalue weighted by molar-refractivity contribution is -0.129. The fraction of sp³-hybridized carbons (Fsp3) is 0.353. The second-order valence-electron chi connectivity index (χ2n) is 5.57. The molecule has 0 atom stereocenters. The SMILES string of the molecule is CCOC(=O)c1nn(-c2ccc(Cl)cc2)c2c1CN(C(C)=O)CC2. The number of esters is 1. The quantitative estimate of drug-likeness (QED) is 0.801.